The number of nitrogens with two attached hydrogens (primary N) is 1. The Bertz CT molecular complexity index is 1270. The second-order valence-electron chi connectivity index (χ2n) is 6.99. The molecule has 1 atom stereocenters. The quantitative estimate of drug-likeness (QED) is 0.572. The number of benzene rings is 1. The van der Waals surface area contributed by atoms with Gasteiger partial charge in [-0.2, -0.15) is 5.26 Å². The van der Waals surface area contributed by atoms with Crippen molar-refractivity contribution in [1.82, 2.24) is 9.55 Å². The number of allylic oxidation sites excluding steroid dienone is 1. The van der Waals surface area contributed by atoms with Crippen molar-refractivity contribution in [1.29, 1.82) is 5.26 Å². The third-order valence-electron chi connectivity index (χ3n) is 5.09. The zero-order chi connectivity index (χ0) is 21.4. The molecule has 4 rings (SSSR count). The Labute approximate surface area is 171 Å². The van der Waals surface area contributed by atoms with Crippen LogP contribution in [-0.4, -0.2) is 19.8 Å². The highest BCUT2D eigenvalue weighted by atomic mass is 16.5. The Morgan fingerprint density at radius 1 is 1.27 bits per heavy atom. The fourth-order valence-corrected chi connectivity index (χ4v) is 3.61. The van der Waals surface area contributed by atoms with E-state index >= 15 is 0 Å². The highest BCUT2D eigenvalue weighted by Gasteiger charge is 2.34. The van der Waals surface area contributed by atoms with Crippen molar-refractivity contribution in [3.05, 3.63) is 93.0 Å². The number of hydrogen-bond donors (Lipinski definition) is 3. The Morgan fingerprint density at radius 2 is 2.07 bits per heavy atom. The zero-order valence-corrected chi connectivity index (χ0v) is 16.0. The number of nitriles is 1. The average Bonchev–Trinajstić information content (AvgIpc) is 2.73. The smallest absolute Gasteiger partial charge is 0.259 e. The van der Waals surface area contributed by atoms with Gasteiger partial charge in [0.2, 0.25) is 5.88 Å². The molecule has 0 aliphatic carbocycles. The summed E-state index contributed by atoms with van der Waals surface area (Å²) in [6, 6.07) is 11.5. The standard InChI is InChI=1S/C22H18N4O4/c1-12-7-18-20(22(29)26(12)11-13-3-2-6-25-10-13)19(15(9-23)21(24)30-18)14-4-5-16(27)17(28)8-14/h2-8,10,19,27-28H,11,24H2,1H3/t19-/m0/s1. The summed E-state index contributed by atoms with van der Waals surface area (Å²) >= 11 is 0. The predicted octanol–water partition coefficient (Wildman–Crippen LogP) is 2.23. The maximum Gasteiger partial charge on any atom is 0.259 e. The van der Waals surface area contributed by atoms with Crippen molar-refractivity contribution in [2.75, 3.05) is 0 Å². The van der Waals surface area contributed by atoms with Crippen molar-refractivity contribution in [3.63, 3.8) is 0 Å². The second-order valence-corrected chi connectivity index (χ2v) is 6.99. The number of hydrogen-bond acceptors (Lipinski definition) is 7. The molecule has 4 N–H and O–H groups in total. The van der Waals surface area contributed by atoms with Crippen molar-refractivity contribution < 1.29 is 14.9 Å². The molecule has 1 aliphatic rings. The molecule has 30 heavy (non-hydrogen) atoms. The van der Waals surface area contributed by atoms with Crippen LogP contribution in [0.1, 0.15) is 28.3 Å². The lowest BCUT2D eigenvalue weighted by atomic mass is 9.84. The van der Waals surface area contributed by atoms with E-state index in [9.17, 15) is 20.3 Å². The van der Waals surface area contributed by atoms with Crippen molar-refractivity contribution in [2.45, 2.75) is 19.4 Å². The summed E-state index contributed by atoms with van der Waals surface area (Å²) in [6.45, 7) is 2.07. The Hall–Kier alpha value is -4.25. The van der Waals surface area contributed by atoms with Gasteiger partial charge < -0.3 is 25.3 Å². The molecule has 2 aromatic heterocycles. The Balaban J connectivity index is 1.94. The van der Waals surface area contributed by atoms with Crippen molar-refractivity contribution >= 4 is 0 Å². The molecule has 1 aromatic carbocycles. The number of aryl methyl sites for hydroxylation is 1. The summed E-state index contributed by atoms with van der Waals surface area (Å²) in [7, 11) is 0. The Kier molecular flexibility index (Phi) is 4.64. The molecule has 1 aliphatic heterocycles. The SMILES string of the molecule is Cc1cc2c(c(=O)n1Cc1cccnc1)[C@@H](c1ccc(O)c(O)c1)C(C#N)=C(N)O2. The summed E-state index contributed by atoms with van der Waals surface area (Å²) in [4.78, 5) is 17.6. The number of phenolic OH excluding ortho intramolecular Hbond substituents is 2. The van der Waals surface area contributed by atoms with Crippen LogP contribution in [0.3, 0.4) is 0 Å². The lowest BCUT2D eigenvalue weighted by Gasteiger charge is -2.27. The molecule has 0 unspecified atom stereocenters. The van der Waals surface area contributed by atoms with Crippen molar-refractivity contribution in [2.24, 2.45) is 5.73 Å². The monoisotopic (exact) mass is 402 g/mol. The number of aromatic nitrogens is 2. The first-order valence-corrected chi connectivity index (χ1v) is 9.13. The van der Waals surface area contributed by atoms with E-state index in [2.05, 4.69) is 4.98 Å². The van der Waals surface area contributed by atoms with Gasteiger partial charge in [0, 0.05) is 24.2 Å². The number of ether oxygens (including phenoxy) is 1. The summed E-state index contributed by atoms with van der Waals surface area (Å²) in [5.41, 5.74) is 7.85. The molecular formula is C22H18N4O4. The first kappa shape index (κ1) is 19.1. The third-order valence-corrected chi connectivity index (χ3v) is 5.09. The number of pyridine rings is 2. The van der Waals surface area contributed by atoms with E-state index in [1.54, 1.807) is 36.0 Å². The molecule has 0 fully saturated rings. The lowest BCUT2D eigenvalue weighted by Crippen LogP contribution is -2.33. The minimum atomic E-state index is -0.849. The van der Waals surface area contributed by atoms with E-state index in [4.69, 9.17) is 10.5 Å². The maximum absolute atomic E-state index is 13.5. The van der Waals surface area contributed by atoms with Crippen LogP contribution in [0.25, 0.3) is 0 Å². The molecule has 3 aromatic rings. The molecule has 3 heterocycles. The van der Waals surface area contributed by atoms with Crippen molar-refractivity contribution in [3.8, 4) is 23.3 Å². The van der Waals surface area contributed by atoms with Gasteiger partial charge >= 0.3 is 0 Å². The Morgan fingerprint density at radius 3 is 2.73 bits per heavy atom. The number of aromatic hydroxyl groups is 2. The average molecular weight is 402 g/mol. The van der Waals surface area contributed by atoms with Crippen LogP contribution in [0.2, 0.25) is 0 Å². The van der Waals surface area contributed by atoms with E-state index in [1.807, 2.05) is 12.1 Å². The molecule has 0 radical (unpaired) electrons. The van der Waals surface area contributed by atoms with Gasteiger partial charge in [0.1, 0.15) is 17.4 Å². The summed E-state index contributed by atoms with van der Waals surface area (Å²) in [5, 5.41) is 29.3. The van der Waals surface area contributed by atoms with Gasteiger partial charge in [-0.25, -0.2) is 0 Å². The van der Waals surface area contributed by atoms with E-state index in [-0.39, 0.29) is 39.8 Å². The van der Waals surface area contributed by atoms with Gasteiger partial charge in [0.15, 0.2) is 11.5 Å². The van der Waals surface area contributed by atoms with E-state index < -0.39 is 5.92 Å². The fourth-order valence-electron chi connectivity index (χ4n) is 3.61. The lowest BCUT2D eigenvalue weighted by molar-refractivity contribution is 0.387. The molecule has 0 saturated heterocycles. The van der Waals surface area contributed by atoms with E-state index in [1.165, 1.54) is 18.2 Å². The predicted molar refractivity (Wildman–Crippen MR) is 108 cm³/mol. The summed E-state index contributed by atoms with van der Waals surface area (Å²) in [6.07, 6.45) is 3.33. The van der Waals surface area contributed by atoms with Gasteiger partial charge in [-0.1, -0.05) is 12.1 Å². The molecule has 0 spiro atoms. The largest absolute Gasteiger partial charge is 0.504 e. The minimum Gasteiger partial charge on any atom is -0.504 e. The number of fused-ring (bicyclic) bond motifs is 1. The first-order chi connectivity index (χ1) is 14.4. The molecular weight excluding hydrogens is 384 g/mol. The van der Waals surface area contributed by atoms with Crippen LogP contribution in [0.15, 0.2) is 65.0 Å². The molecule has 150 valence electrons. The molecule has 0 bridgehead atoms. The number of phenols is 2. The van der Waals surface area contributed by atoms with Gasteiger partial charge in [-0.3, -0.25) is 9.78 Å². The highest BCUT2D eigenvalue weighted by molar-refractivity contribution is 5.57. The fraction of sp³-hybridized carbons (Fsp3) is 0.136. The molecule has 0 saturated carbocycles. The van der Waals surface area contributed by atoms with E-state index in [0.29, 0.717) is 17.8 Å². The first-order valence-electron chi connectivity index (χ1n) is 9.13. The topological polar surface area (TPSA) is 134 Å². The summed E-state index contributed by atoms with van der Waals surface area (Å²) in [5.74, 6) is -1.36. The van der Waals surface area contributed by atoms with Crippen LogP contribution in [0.4, 0.5) is 0 Å². The molecule has 8 nitrogen and oxygen atoms in total. The van der Waals surface area contributed by atoms with Crippen LogP contribution in [0.5, 0.6) is 17.2 Å². The van der Waals surface area contributed by atoms with Gasteiger partial charge in [0.05, 0.1) is 18.0 Å². The van der Waals surface area contributed by atoms with Crippen LogP contribution in [-0.2, 0) is 6.54 Å². The van der Waals surface area contributed by atoms with Gasteiger partial charge in [-0.05, 0) is 36.2 Å². The maximum atomic E-state index is 13.5. The minimum absolute atomic E-state index is 0.0569. The highest BCUT2D eigenvalue weighted by Crippen LogP contribution is 2.42. The third kappa shape index (κ3) is 3.12. The second kappa shape index (κ2) is 7.29. The normalized spacial score (nSPS) is 15.3. The zero-order valence-electron chi connectivity index (χ0n) is 16.0. The van der Waals surface area contributed by atoms with Gasteiger partial charge in [0.25, 0.3) is 5.56 Å². The number of nitrogens with zero attached hydrogens (tertiary/aromatic N) is 3. The molecule has 8 heteroatoms. The molecule has 0 amide bonds. The van der Waals surface area contributed by atoms with Gasteiger partial charge in [-0.15, -0.1) is 0 Å². The van der Waals surface area contributed by atoms with E-state index in [0.717, 1.165) is 5.56 Å². The van der Waals surface area contributed by atoms with Crippen LogP contribution in [0, 0.1) is 18.3 Å². The number of rotatable bonds is 3. The van der Waals surface area contributed by atoms with Crippen LogP contribution < -0.4 is 16.0 Å². The summed E-state index contributed by atoms with van der Waals surface area (Å²) < 4.78 is 7.18. The van der Waals surface area contributed by atoms with Crippen LogP contribution >= 0.6 is 0 Å².